The van der Waals surface area contributed by atoms with Gasteiger partial charge in [0.05, 0.1) is 5.56 Å². The fourth-order valence-electron chi connectivity index (χ4n) is 4.70. The summed E-state index contributed by atoms with van der Waals surface area (Å²) < 4.78 is 5.90. The van der Waals surface area contributed by atoms with Crippen molar-refractivity contribution in [2.75, 3.05) is 5.32 Å². The van der Waals surface area contributed by atoms with Crippen molar-refractivity contribution in [1.82, 2.24) is 5.32 Å². The van der Waals surface area contributed by atoms with E-state index in [0.29, 0.717) is 17.9 Å². The Morgan fingerprint density at radius 2 is 1.78 bits per heavy atom. The van der Waals surface area contributed by atoms with Gasteiger partial charge in [-0.25, -0.2) is 0 Å². The van der Waals surface area contributed by atoms with Crippen molar-refractivity contribution in [3.8, 4) is 5.75 Å². The molecule has 0 spiro atoms. The van der Waals surface area contributed by atoms with Gasteiger partial charge in [0, 0.05) is 4.88 Å². The Balaban J connectivity index is 1.30. The number of ether oxygens (including phenoxy) is 1. The Morgan fingerprint density at radius 1 is 1.03 bits per heavy atom. The average Bonchev–Trinajstić information content (AvgIpc) is 3.16. The predicted molar refractivity (Wildman–Crippen MR) is 130 cm³/mol. The van der Waals surface area contributed by atoms with Crippen molar-refractivity contribution < 1.29 is 9.53 Å². The highest BCUT2D eigenvalue weighted by atomic mass is 32.1. The zero-order valence-electron chi connectivity index (χ0n) is 18.9. The topological polar surface area (TPSA) is 50.4 Å². The van der Waals surface area contributed by atoms with Gasteiger partial charge in [-0.1, -0.05) is 63.2 Å². The summed E-state index contributed by atoms with van der Waals surface area (Å²) >= 11 is 1.77. The summed E-state index contributed by atoms with van der Waals surface area (Å²) in [5, 5.41) is 7.75. The van der Waals surface area contributed by atoms with Gasteiger partial charge in [-0.2, -0.15) is 0 Å². The van der Waals surface area contributed by atoms with E-state index >= 15 is 0 Å². The molecule has 2 N–H and O–H groups in total. The third-order valence-electron chi connectivity index (χ3n) is 6.73. The van der Waals surface area contributed by atoms with Crippen LogP contribution in [0.3, 0.4) is 0 Å². The fraction of sp³-hybridized carbons (Fsp3) is 0.370. The van der Waals surface area contributed by atoms with Gasteiger partial charge in [0.25, 0.3) is 5.91 Å². The maximum atomic E-state index is 13.0. The minimum absolute atomic E-state index is 0.0415. The second-order valence-corrected chi connectivity index (χ2v) is 11.0. The van der Waals surface area contributed by atoms with Crippen LogP contribution in [0.15, 0.2) is 54.6 Å². The molecule has 0 saturated heterocycles. The SMILES string of the molecule is CC(C)(C)[C@@H]1CCc2c(sc3c2C(=O)N[C@H](c2ccc(OCc4ccccc4)cc2)N3)C1. The average molecular weight is 447 g/mol. The van der Waals surface area contributed by atoms with Crippen LogP contribution in [0.5, 0.6) is 5.75 Å². The first-order chi connectivity index (χ1) is 15.4. The first-order valence-corrected chi connectivity index (χ1v) is 12.2. The molecular formula is C27H30N2O2S. The lowest BCUT2D eigenvalue weighted by Crippen LogP contribution is -2.38. The zero-order valence-corrected chi connectivity index (χ0v) is 19.7. The van der Waals surface area contributed by atoms with Crippen molar-refractivity contribution in [1.29, 1.82) is 0 Å². The summed E-state index contributed by atoms with van der Waals surface area (Å²) in [4.78, 5) is 14.4. The molecule has 0 fully saturated rings. The lowest BCUT2D eigenvalue weighted by molar-refractivity contribution is 0.0935. The summed E-state index contributed by atoms with van der Waals surface area (Å²) in [6.07, 6.45) is 3.00. The van der Waals surface area contributed by atoms with Crippen LogP contribution in [0.4, 0.5) is 5.00 Å². The van der Waals surface area contributed by atoms with Gasteiger partial charge in [-0.3, -0.25) is 4.79 Å². The largest absolute Gasteiger partial charge is 0.489 e. The zero-order chi connectivity index (χ0) is 22.3. The molecule has 1 aromatic heterocycles. The Kier molecular flexibility index (Phi) is 5.46. The number of amides is 1. The first-order valence-electron chi connectivity index (χ1n) is 11.4. The maximum Gasteiger partial charge on any atom is 0.256 e. The van der Waals surface area contributed by atoms with Gasteiger partial charge in [0.15, 0.2) is 0 Å². The molecule has 5 rings (SSSR count). The smallest absolute Gasteiger partial charge is 0.256 e. The molecule has 166 valence electrons. The molecule has 3 aromatic rings. The van der Waals surface area contributed by atoms with E-state index in [4.69, 9.17) is 4.74 Å². The van der Waals surface area contributed by atoms with E-state index in [1.54, 1.807) is 11.3 Å². The molecule has 0 bridgehead atoms. The van der Waals surface area contributed by atoms with Crippen LogP contribution in [0.2, 0.25) is 0 Å². The number of carbonyl (C=O) groups excluding carboxylic acids is 1. The quantitative estimate of drug-likeness (QED) is 0.492. The highest BCUT2D eigenvalue weighted by Gasteiger charge is 2.36. The molecule has 2 heterocycles. The van der Waals surface area contributed by atoms with E-state index in [1.165, 1.54) is 10.4 Å². The molecule has 0 saturated carbocycles. The number of rotatable bonds is 4. The predicted octanol–water partition coefficient (Wildman–Crippen LogP) is 6.33. The molecule has 2 aliphatic rings. The molecule has 1 aliphatic carbocycles. The normalized spacial score (nSPS) is 20.0. The van der Waals surface area contributed by atoms with Crippen LogP contribution < -0.4 is 15.4 Å². The van der Waals surface area contributed by atoms with Gasteiger partial charge in [0.1, 0.15) is 23.5 Å². The van der Waals surface area contributed by atoms with Gasteiger partial charge in [-0.05, 0) is 59.4 Å². The van der Waals surface area contributed by atoms with Crippen molar-refractivity contribution >= 4 is 22.2 Å². The molecule has 2 aromatic carbocycles. The third-order valence-corrected chi connectivity index (χ3v) is 7.92. The van der Waals surface area contributed by atoms with Crippen LogP contribution in [-0.4, -0.2) is 5.91 Å². The number of anilines is 1. The summed E-state index contributed by atoms with van der Waals surface area (Å²) in [6, 6.07) is 18.1. The standard InChI is InChI=1S/C27H30N2O2S/c1-27(2,3)19-11-14-21-22(15-19)32-26-23(21)25(30)28-24(29-26)18-9-12-20(13-10-18)31-16-17-7-5-4-6-8-17/h4-10,12-13,19,24,29H,11,14-16H2,1-3H3,(H,28,30)/t19-,24+/m1/s1. The second kappa shape index (κ2) is 8.28. The number of nitrogens with one attached hydrogen (secondary N) is 2. The molecule has 4 nitrogen and oxygen atoms in total. The summed E-state index contributed by atoms with van der Waals surface area (Å²) in [5.74, 6) is 1.53. The molecule has 1 aliphatic heterocycles. The molecular weight excluding hydrogens is 416 g/mol. The lowest BCUT2D eigenvalue weighted by Gasteiger charge is -2.34. The summed E-state index contributed by atoms with van der Waals surface area (Å²) in [6.45, 7) is 7.51. The monoisotopic (exact) mass is 446 g/mol. The molecule has 0 radical (unpaired) electrons. The second-order valence-electron chi connectivity index (χ2n) is 9.91. The Morgan fingerprint density at radius 3 is 2.50 bits per heavy atom. The van der Waals surface area contributed by atoms with Crippen LogP contribution >= 0.6 is 11.3 Å². The van der Waals surface area contributed by atoms with E-state index in [1.807, 2.05) is 42.5 Å². The minimum atomic E-state index is -0.225. The van der Waals surface area contributed by atoms with E-state index in [9.17, 15) is 4.79 Å². The number of carbonyl (C=O) groups is 1. The van der Waals surface area contributed by atoms with Gasteiger partial charge < -0.3 is 15.4 Å². The molecule has 5 heteroatoms. The molecule has 32 heavy (non-hydrogen) atoms. The number of thiophene rings is 1. The highest BCUT2D eigenvalue weighted by Crippen LogP contribution is 2.46. The first kappa shape index (κ1) is 21.1. The molecule has 1 amide bonds. The van der Waals surface area contributed by atoms with Gasteiger partial charge in [-0.15, -0.1) is 11.3 Å². The van der Waals surface area contributed by atoms with E-state index in [-0.39, 0.29) is 12.1 Å². The van der Waals surface area contributed by atoms with Crippen molar-refractivity contribution in [3.05, 3.63) is 81.7 Å². The van der Waals surface area contributed by atoms with Crippen LogP contribution in [0, 0.1) is 11.3 Å². The molecule has 2 atom stereocenters. The summed E-state index contributed by atoms with van der Waals surface area (Å²) in [7, 11) is 0. The maximum absolute atomic E-state index is 13.0. The Bertz CT molecular complexity index is 1110. The van der Waals surface area contributed by atoms with Crippen molar-refractivity contribution in [2.45, 2.75) is 52.8 Å². The van der Waals surface area contributed by atoms with Gasteiger partial charge >= 0.3 is 0 Å². The highest BCUT2D eigenvalue weighted by molar-refractivity contribution is 7.16. The van der Waals surface area contributed by atoms with Crippen LogP contribution in [0.25, 0.3) is 0 Å². The van der Waals surface area contributed by atoms with Crippen molar-refractivity contribution in [3.63, 3.8) is 0 Å². The van der Waals surface area contributed by atoms with E-state index in [0.717, 1.165) is 46.7 Å². The van der Waals surface area contributed by atoms with E-state index in [2.05, 4.69) is 43.5 Å². The summed E-state index contributed by atoms with van der Waals surface area (Å²) in [5.41, 5.74) is 4.59. The number of benzene rings is 2. The van der Waals surface area contributed by atoms with Crippen LogP contribution in [0.1, 0.15) is 65.3 Å². The third kappa shape index (κ3) is 4.14. The fourth-order valence-corrected chi connectivity index (χ4v) is 6.05. The van der Waals surface area contributed by atoms with E-state index < -0.39 is 0 Å². The number of fused-ring (bicyclic) bond motifs is 3. The van der Waals surface area contributed by atoms with Crippen molar-refractivity contribution in [2.24, 2.45) is 11.3 Å². The number of hydrogen-bond donors (Lipinski definition) is 2. The molecule has 0 unspecified atom stereocenters. The number of hydrogen-bond acceptors (Lipinski definition) is 4. The Hall–Kier alpha value is -2.79. The lowest BCUT2D eigenvalue weighted by atomic mass is 9.72. The Labute approximate surface area is 194 Å². The minimum Gasteiger partial charge on any atom is -0.489 e. The van der Waals surface area contributed by atoms with Crippen LogP contribution in [-0.2, 0) is 19.4 Å². The van der Waals surface area contributed by atoms with Gasteiger partial charge in [0.2, 0.25) is 0 Å².